The smallest absolute Gasteiger partial charge is 0.175 e. The molecule has 1 fully saturated rings. The molecule has 4 atom stereocenters. The molecule has 74 valence electrons. The Morgan fingerprint density at radius 2 is 2.36 bits per heavy atom. The summed E-state index contributed by atoms with van der Waals surface area (Å²) in [7, 11) is 0. The van der Waals surface area contributed by atoms with Crippen LogP contribution < -0.4 is 0 Å². The fourth-order valence-corrected chi connectivity index (χ4v) is 2.81. The van der Waals surface area contributed by atoms with Crippen LogP contribution in [0.3, 0.4) is 0 Å². The number of halogens is 1. The van der Waals surface area contributed by atoms with Crippen LogP contribution in [0.25, 0.3) is 0 Å². The molecule has 1 aliphatic heterocycles. The number of ketones is 1. The van der Waals surface area contributed by atoms with E-state index in [0.29, 0.717) is 23.5 Å². The molecule has 0 amide bonds. The zero-order chi connectivity index (χ0) is 9.87. The highest BCUT2D eigenvalue weighted by Gasteiger charge is 2.49. The van der Waals surface area contributed by atoms with E-state index >= 15 is 0 Å². The van der Waals surface area contributed by atoms with Crippen LogP contribution in [0.1, 0.15) is 13.3 Å². The maximum absolute atomic E-state index is 11.5. The zero-order valence-corrected chi connectivity index (χ0v) is 8.62. The van der Waals surface area contributed by atoms with Crippen molar-refractivity contribution in [3.05, 3.63) is 22.8 Å². The summed E-state index contributed by atoms with van der Waals surface area (Å²) >= 11 is 5.97. The lowest BCUT2D eigenvalue weighted by Gasteiger charge is -2.16. The topological polar surface area (TPSA) is 29.6 Å². The van der Waals surface area contributed by atoms with Crippen molar-refractivity contribution in [2.45, 2.75) is 25.6 Å². The minimum atomic E-state index is 0.0854. The molecular weight excluding hydrogens is 200 g/mol. The molecule has 0 bridgehead atoms. The molecule has 2 nitrogen and oxygen atoms in total. The van der Waals surface area contributed by atoms with Crippen LogP contribution in [-0.2, 0) is 9.53 Å². The first-order valence-electron chi connectivity index (χ1n) is 4.95. The maximum Gasteiger partial charge on any atom is 0.175 e. The van der Waals surface area contributed by atoms with Crippen molar-refractivity contribution in [1.29, 1.82) is 0 Å². The molecule has 0 spiro atoms. The highest BCUT2D eigenvalue weighted by Crippen LogP contribution is 2.46. The van der Waals surface area contributed by atoms with E-state index in [4.69, 9.17) is 16.3 Å². The summed E-state index contributed by atoms with van der Waals surface area (Å²) in [6.45, 7) is 2.14. The van der Waals surface area contributed by atoms with E-state index in [1.54, 1.807) is 0 Å². The fourth-order valence-electron chi connectivity index (χ4n) is 2.53. The second-order valence-corrected chi connectivity index (χ2v) is 4.66. The average Bonchev–Trinajstić information content (AvgIpc) is 2.88. The number of hydrogen-bond acceptors (Lipinski definition) is 2. The second-order valence-electron chi connectivity index (χ2n) is 4.29. The lowest BCUT2D eigenvalue weighted by molar-refractivity contribution is -0.115. The Labute approximate surface area is 87.6 Å². The van der Waals surface area contributed by atoms with Gasteiger partial charge in [0.05, 0.1) is 11.1 Å². The van der Waals surface area contributed by atoms with Gasteiger partial charge in [-0.1, -0.05) is 30.7 Å². The van der Waals surface area contributed by atoms with Gasteiger partial charge in [0.25, 0.3) is 0 Å². The second kappa shape index (κ2) is 2.71. The number of rotatable bonds is 0. The number of carbonyl (C=O) groups excluding carboxylic acids is 1. The van der Waals surface area contributed by atoms with Gasteiger partial charge in [0.2, 0.25) is 0 Å². The molecule has 3 rings (SSSR count). The first-order chi connectivity index (χ1) is 6.68. The highest BCUT2D eigenvalue weighted by molar-refractivity contribution is 6.44. The lowest BCUT2D eigenvalue weighted by atomic mass is 9.87. The molecule has 0 aromatic rings. The standard InChI is InChI=1S/C11H11ClO2/c1-5-7-4-8(13)10(12)6(7)2-3-9-11(5)14-9/h2-3,5,7,9,11H,4H2,1H3/t5-,7-,9-,11+/m1/s1. The Kier molecular flexibility index (Phi) is 1.68. The number of allylic oxidation sites excluding steroid dienone is 3. The molecule has 3 heteroatoms. The molecule has 1 saturated heterocycles. The van der Waals surface area contributed by atoms with E-state index in [0.717, 1.165) is 5.57 Å². The molecule has 0 saturated carbocycles. The van der Waals surface area contributed by atoms with E-state index in [1.165, 1.54) is 0 Å². The summed E-state index contributed by atoms with van der Waals surface area (Å²) in [4.78, 5) is 11.5. The lowest BCUT2D eigenvalue weighted by Crippen LogP contribution is -2.17. The van der Waals surface area contributed by atoms with Gasteiger partial charge in [0.15, 0.2) is 5.78 Å². The van der Waals surface area contributed by atoms with Gasteiger partial charge in [-0.25, -0.2) is 0 Å². The zero-order valence-electron chi connectivity index (χ0n) is 7.87. The number of hydrogen-bond donors (Lipinski definition) is 0. The van der Waals surface area contributed by atoms with Crippen LogP contribution in [-0.4, -0.2) is 18.0 Å². The highest BCUT2D eigenvalue weighted by atomic mass is 35.5. The van der Waals surface area contributed by atoms with Crippen LogP contribution in [0.2, 0.25) is 0 Å². The molecular formula is C11H11ClO2. The van der Waals surface area contributed by atoms with Gasteiger partial charge in [-0.15, -0.1) is 0 Å². The third-order valence-electron chi connectivity index (χ3n) is 3.48. The number of ether oxygens (including phenoxy) is 1. The Morgan fingerprint density at radius 1 is 1.57 bits per heavy atom. The van der Waals surface area contributed by atoms with E-state index in [1.807, 2.05) is 12.2 Å². The van der Waals surface area contributed by atoms with Crippen molar-refractivity contribution in [1.82, 2.24) is 0 Å². The predicted octanol–water partition coefficient (Wildman–Crippen LogP) is 2.04. The van der Waals surface area contributed by atoms with Gasteiger partial charge in [0, 0.05) is 6.42 Å². The van der Waals surface area contributed by atoms with Crippen molar-refractivity contribution in [3.8, 4) is 0 Å². The number of carbonyl (C=O) groups is 1. The van der Waals surface area contributed by atoms with Crippen LogP contribution >= 0.6 is 11.6 Å². The Morgan fingerprint density at radius 3 is 3.14 bits per heavy atom. The van der Waals surface area contributed by atoms with Crippen LogP contribution in [0, 0.1) is 11.8 Å². The molecule has 0 aromatic carbocycles. The van der Waals surface area contributed by atoms with E-state index in [2.05, 4.69) is 6.92 Å². The third-order valence-corrected chi connectivity index (χ3v) is 3.91. The average molecular weight is 211 g/mol. The first-order valence-corrected chi connectivity index (χ1v) is 5.33. The van der Waals surface area contributed by atoms with Gasteiger partial charge in [0.1, 0.15) is 6.10 Å². The van der Waals surface area contributed by atoms with E-state index in [9.17, 15) is 4.79 Å². The van der Waals surface area contributed by atoms with Crippen molar-refractivity contribution in [2.75, 3.05) is 0 Å². The Hall–Kier alpha value is -0.600. The molecule has 2 aliphatic carbocycles. The largest absolute Gasteiger partial charge is 0.365 e. The predicted molar refractivity (Wildman–Crippen MR) is 53.0 cm³/mol. The SMILES string of the molecule is C[C@H]1[C@@H]2O[C@@H]2C=CC2=C(Cl)C(=O)C[C@@H]21. The quantitative estimate of drug-likeness (QED) is 0.573. The number of fused-ring (bicyclic) bond motifs is 2. The van der Waals surface area contributed by atoms with Crippen molar-refractivity contribution in [3.63, 3.8) is 0 Å². The van der Waals surface area contributed by atoms with Crippen LogP contribution in [0.15, 0.2) is 22.8 Å². The molecule has 14 heavy (non-hydrogen) atoms. The molecule has 0 aromatic heterocycles. The minimum Gasteiger partial charge on any atom is -0.365 e. The molecule has 0 unspecified atom stereocenters. The van der Waals surface area contributed by atoms with Gasteiger partial charge in [-0.3, -0.25) is 4.79 Å². The minimum absolute atomic E-state index is 0.0854. The monoisotopic (exact) mass is 210 g/mol. The number of Topliss-reactive ketones (excluding diaryl/α,β-unsaturated/α-hetero) is 1. The third kappa shape index (κ3) is 1.04. The van der Waals surface area contributed by atoms with E-state index < -0.39 is 0 Å². The van der Waals surface area contributed by atoms with Crippen molar-refractivity contribution < 1.29 is 9.53 Å². The fraction of sp³-hybridized carbons (Fsp3) is 0.545. The summed E-state index contributed by atoms with van der Waals surface area (Å²) in [5.41, 5.74) is 1.03. The summed E-state index contributed by atoms with van der Waals surface area (Å²) in [6.07, 6.45) is 5.14. The van der Waals surface area contributed by atoms with Crippen molar-refractivity contribution >= 4 is 17.4 Å². The van der Waals surface area contributed by atoms with Gasteiger partial charge in [-0.05, 0) is 17.4 Å². The van der Waals surface area contributed by atoms with Gasteiger partial charge >= 0.3 is 0 Å². The summed E-state index contributed by atoms with van der Waals surface area (Å²) in [5, 5.41) is 0.444. The Balaban J connectivity index is 2.04. The molecule has 3 aliphatic rings. The van der Waals surface area contributed by atoms with Crippen LogP contribution in [0.4, 0.5) is 0 Å². The number of epoxide rings is 1. The van der Waals surface area contributed by atoms with Gasteiger partial charge < -0.3 is 4.74 Å². The normalized spacial score (nSPS) is 44.9. The first kappa shape index (κ1) is 8.69. The molecule has 0 N–H and O–H groups in total. The summed E-state index contributed by atoms with van der Waals surface area (Å²) in [6, 6.07) is 0. The van der Waals surface area contributed by atoms with Gasteiger partial charge in [-0.2, -0.15) is 0 Å². The van der Waals surface area contributed by atoms with Crippen molar-refractivity contribution in [2.24, 2.45) is 11.8 Å². The summed E-state index contributed by atoms with van der Waals surface area (Å²) < 4.78 is 5.48. The van der Waals surface area contributed by atoms with E-state index in [-0.39, 0.29) is 17.8 Å². The molecule has 1 heterocycles. The molecule has 0 radical (unpaired) electrons. The van der Waals surface area contributed by atoms with Crippen LogP contribution in [0.5, 0.6) is 0 Å². The maximum atomic E-state index is 11.5. The summed E-state index contributed by atoms with van der Waals surface area (Å²) in [5.74, 6) is 0.774. The Bertz CT molecular complexity index is 369.